The van der Waals surface area contributed by atoms with Crippen LogP contribution in [0.1, 0.15) is 22.8 Å². The van der Waals surface area contributed by atoms with Crippen LogP contribution in [0.3, 0.4) is 0 Å². The van der Waals surface area contributed by atoms with Crippen LogP contribution in [0.5, 0.6) is 11.5 Å². The molecule has 0 aliphatic carbocycles. The lowest BCUT2D eigenvalue weighted by molar-refractivity contribution is 0.0955. The molecule has 0 bridgehead atoms. The summed E-state index contributed by atoms with van der Waals surface area (Å²) in [6, 6.07) is 12.1. The van der Waals surface area contributed by atoms with Crippen molar-refractivity contribution in [3.05, 3.63) is 53.6 Å². The SMILES string of the molecule is CCOc1ccc(/C=N/NC(=O)c2ccc(N(C)C)cc2)cc1O. The van der Waals surface area contributed by atoms with E-state index in [1.807, 2.05) is 38.1 Å². The molecule has 0 atom stereocenters. The van der Waals surface area contributed by atoms with Crippen LogP contribution in [0.15, 0.2) is 47.6 Å². The predicted octanol–water partition coefficient (Wildman–Crippen LogP) is 2.62. The third-order valence-electron chi connectivity index (χ3n) is 3.31. The number of aromatic hydroxyl groups is 1. The molecule has 6 heteroatoms. The van der Waals surface area contributed by atoms with Crippen molar-refractivity contribution in [1.29, 1.82) is 0 Å². The zero-order valence-electron chi connectivity index (χ0n) is 14.0. The van der Waals surface area contributed by atoms with E-state index in [1.165, 1.54) is 12.3 Å². The van der Waals surface area contributed by atoms with Crippen LogP contribution in [0.4, 0.5) is 5.69 Å². The van der Waals surface area contributed by atoms with Crippen LogP contribution in [0.2, 0.25) is 0 Å². The summed E-state index contributed by atoms with van der Waals surface area (Å²) in [6.45, 7) is 2.32. The number of ether oxygens (including phenoxy) is 1. The fourth-order valence-electron chi connectivity index (χ4n) is 2.03. The van der Waals surface area contributed by atoms with Gasteiger partial charge in [-0.25, -0.2) is 5.43 Å². The molecule has 2 rings (SSSR count). The lowest BCUT2D eigenvalue weighted by Gasteiger charge is -2.12. The second-order valence-electron chi connectivity index (χ2n) is 5.30. The fraction of sp³-hybridized carbons (Fsp3) is 0.222. The largest absolute Gasteiger partial charge is 0.504 e. The molecule has 6 nitrogen and oxygen atoms in total. The molecule has 0 aromatic heterocycles. The zero-order chi connectivity index (χ0) is 17.5. The second kappa shape index (κ2) is 8.01. The quantitative estimate of drug-likeness (QED) is 0.632. The lowest BCUT2D eigenvalue weighted by Crippen LogP contribution is -2.17. The highest BCUT2D eigenvalue weighted by atomic mass is 16.5. The van der Waals surface area contributed by atoms with Gasteiger partial charge in [-0.15, -0.1) is 0 Å². The number of phenols is 1. The standard InChI is InChI=1S/C18H21N3O3/c1-4-24-17-10-5-13(11-16(17)22)12-19-20-18(23)14-6-8-15(9-7-14)21(2)3/h5-12,22H,4H2,1-3H3,(H,20,23)/b19-12+. The van der Waals surface area contributed by atoms with Crippen molar-refractivity contribution in [2.75, 3.05) is 25.6 Å². The van der Waals surface area contributed by atoms with E-state index in [4.69, 9.17) is 4.74 Å². The molecule has 1 amide bonds. The molecule has 0 unspecified atom stereocenters. The van der Waals surface area contributed by atoms with Gasteiger partial charge in [0.1, 0.15) is 0 Å². The van der Waals surface area contributed by atoms with Gasteiger partial charge in [-0.05, 0) is 55.0 Å². The minimum Gasteiger partial charge on any atom is -0.504 e. The molecule has 24 heavy (non-hydrogen) atoms. The molecule has 0 saturated carbocycles. The number of amides is 1. The molecule has 0 saturated heterocycles. The van der Waals surface area contributed by atoms with E-state index in [-0.39, 0.29) is 11.7 Å². The van der Waals surface area contributed by atoms with Gasteiger partial charge in [-0.3, -0.25) is 4.79 Å². The maximum Gasteiger partial charge on any atom is 0.271 e. The Labute approximate surface area is 141 Å². The van der Waals surface area contributed by atoms with Gasteiger partial charge in [0, 0.05) is 25.3 Å². The monoisotopic (exact) mass is 327 g/mol. The topological polar surface area (TPSA) is 74.2 Å². The molecule has 0 aliphatic heterocycles. The number of anilines is 1. The molecule has 2 aromatic rings. The molecule has 0 spiro atoms. The molecule has 0 radical (unpaired) electrons. The first-order valence-corrected chi connectivity index (χ1v) is 7.58. The summed E-state index contributed by atoms with van der Waals surface area (Å²) in [5.41, 5.74) is 4.65. The van der Waals surface area contributed by atoms with Crippen molar-refractivity contribution >= 4 is 17.8 Å². The summed E-state index contributed by atoms with van der Waals surface area (Å²) in [5.74, 6) is 0.151. The number of hydrogen-bond acceptors (Lipinski definition) is 5. The van der Waals surface area contributed by atoms with Crippen LogP contribution < -0.4 is 15.1 Å². The summed E-state index contributed by atoms with van der Waals surface area (Å²) < 4.78 is 5.25. The molecular formula is C18H21N3O3. The Morgan fingerprint density at radius 1 is 1.25 bits per heavy atom. The summed E-state index contributed by atoms with van der Waals surface area (Å²) in [6.07, 6.45) is 1.46. The Morgan fingerprint density at radius 3 is 2.54 bits per heavy atom. The van der Waals surface area contributed by atoms with Crippen LogP contribution in [0, 0.1) is 0 Å². The van der Waals surface area contributed by atoms with Crippen LogP contribution >= 0.6 is 0 Å². The number of hydrazone groups is 1. The molecular weight excluding hydrogens is 306 g/mol. The van der Waals surface area contributed by atoms with Gasteiger partial charge in [0.25, 0.3) is 5.91 Å². The molecule has 126 valence electrons. The highest BCUT2D eigenvalue weighted by Gasteiger charge is 2.05. The third-order valence-corrected chi connectivity index (χ3v) is 3.31. The number of phenolic OH excluding ortho intramolecular Hbond substituents is 1. The van der Waals surface area contributed by atoms with E-state index in [2.05, 4.69) is 10.5 Å². The zero-order valence-corrected chi connectivity index (χ0v) is 14.0. The predicted molar refractivity (Wildman–Crippen MR) is 95.1 cm³/mol. The van der Waals surface area contributed by atoms with Crippen molar-refractivity contribution in [3.63, 3.8) is 0 Å². The number of hydrogen-bond donors (Lipinski definition) is 2. The van der Waals surface area contributed by atoms with E-state index in [9.17, 15) is 9.90 Å². The van der Waals surface area contributed by atoms with Gasteiger partial charge >= 0.3 is 0 Å². The minimum absolute atomic E-state index is 0.0337. The van der Waals surface area contributed by atoms with E-state index in [1.54, 1.807) is 24.3 Å². The van der Waals surface area contributed by atoms with Crippen molar-refractivity contribution in [1.82, 2.24) is 5.43 Å². The molecule has 2 N–H and O–H groups in total. The van der Waals surface area contributed by atoms with Crippen LogP contribution in [-0.2, 0) is 0 Å². The Morgan fingerprint density at radius 2 is 1.96 bits per heavy atom. The summed E-state index contributed by atoms with van der Waals surface area (Å²) >= 11 is 0. The van der Waals surface area contributed by atoms with Crippen molar-refractivity contribution in [2.24, 2.45) is 5.10 Å². The number of rotatable bonds is 6. The van der Waals surface area contributed by atoms with Gasteiger partial charge in [-0.1, -0.05) is 0 Å². The number of nitrogens with one attached hydrogen (secondary N) is 1. The summed E-state index contributed by atoms with van der Waals surface area (Å²) in [4.78, 5) is 14.0. The Hall–Kier alpha value is -3.02. The first-order chi connectivity index (χ1) is 11.5. The average molecular weight is 327 g/mol. The summed E-state index contributed by atoms with van der Waals surface area (Å²) in [7, 11) is 3.87. The van der Waals surface area contributed by atoms with Gasteiger partial charge in [-0.2, -0.15) is 5.10 Å². The molecule has 2 aromatic carbocycles. The number of benzene rings is 2. The highest BCUT2D eigenvalue weighted by Crippen LogP contribution is 2.26. The molecule has 0 aliphatic rings. The Balaban J connectivity index is 1.98. The number of carbonyl (C=O) groups excluding carboxylic acids is 1. The first kappa shape index (κ1) is 17.3. The van der Waals surface area contributed by atoms with Crippen LogP contribution in [0.25, 0.3) is 0 Å². The first-order valence-electron chi connectivity index (χ1n) is 7.58. The van der Waals surface area contributed by atoms with Gasteiger partial charge in [0.2, 0.25) is 0 Å². The highest BCUT2D eigenvalue weighted by molar-refractivity contribution is 5.95. The smallest absolute Gasteiger partial charge is 0.271 e. The van der Waals surface area contributed by atoms with Gasteiger partial charge in [0.05, 0.1) is 12.8 Å². The molecule has 0 fully saturated rings. The normalized spacial score (nSPS) is 10.6. The van der Waals surface area contributed by atoms with E-state index in [0.29, 0.717) is 23.5 Å². The molecule has 0 heterocycles. The van der Waals surface area contributed by atoms with Gasteiger partial charge < -0.3 is 14.7 Å². The Kier molecular flexibility index (Phi) is 5.78. The van der Waals surface area contributed by atoms with Crippen molar-refractivity contribution < 1.29 is 14.6 Å². The van der Waals surface area contributed by atoms with E-state index in [0.717, 1.165) is 5.69 Å². The second-order valence-corrected chi connectivity index (χ2v) is 5.30. The van der Waals surface area contributed by atoms with Crippen molar-refractivity contribution in [2.45, 2.75) is 6.92 Å². The maximum absolute atomic E-state index is 12.0. The van der Waals surface area contributed by atoms with Crippen molar-refractivity contribution in [3.8, 4) is 11.5 Å². The van der Waals surface area contributed by atoms with Gasteiger partial charge in [0.15, 0.2) is 11.5 Å². The van der Waals surface area contributed by atoms with Crippen LogP contribution in [-0.4, -0.2) is 37.9 Å². The summed E-state index contributed by atoms with van der Waals surface area (Å²) in [5, 5.41) is 13.7. The van der Waals surface area contributed by atoms with E-state index >= 15 is 0 Å². The third kappa shape index (κ3) is 4.49. The minimum atomic E-state index is -0.299. The number of nitrogens with zero attached hydrogens (tertiary/aromatic N) is 2. The maximum atomic E-state index is 12.0. The fourth-order valence-corrected chi connectivity index (χ4v) is 2.03. The lowest BCUT2D eigenvalue weighted by atomic mass is 10.2. The average Bonchev–Trinajstić information content (AvgIpc) is 2.57. The van der Waals surface area contributed by atoms with E-state index < -0.39 is 0 Å². The number of carbonyl (C=O) groups is 1. The Bertz CT molecular complexity index is 725.